The third kappa shape index (κ3) is 3.08. The van der Waals surface area contributed by atoms with Crippen LogP contribution in [-0.4, -0.2) is 34.8 Å². The maximum atomic E-state index is 5.83. The number of imidazole rings is 1. The number of hydrogen-bond acceptors (Lipinski definition) is 5. The van der Waals surface area contributed by atoms with E-state index in [0.717, 1.165) is 17.9 Å². The van der Waals surface area contributed by atoms with Crippen LogP contribution >= 0.6 is 0 Å². The molecule has 20 heavy (non-hydrogen) atoms. The summed E-state index contributed by atoms with van der Waals surface area (Å²) in [6.07, 6.45) is 6.11. The van der Waals surface area contributed by atoms with Gasteiger partial charge in [0.25, 0.3) is 0 Å². The summed E-state index contributed by atoms with van der Waals surface area (Å²) in [7, 11) is 3.22. The second-order valence-corrected chi connectivity index (χ2v) is 4.65. The van der Waals surface area contributed by atoms with Gasteiger partial charge < -0.3 is 19.8 Å². The predicted molar refractivity (Wildman–Crippen MR) is 76.0 cm³/mol. The van der Waals surface area contributed by atoms with Crippen LogP contribution in [0.1, 0.15) is 18.4 Å². The molecule has 1 unspecified atom stereocenters. The SMILES string of the molecule is COc1ccnc(Cn2ccnc2CC(C)N)c1OC. The van der Waals surface area contributed by atoms with Crippen LogP contribution in [0.25, 0.3) is 0 Å². The molecule has 0 aliphatic rings. The molecule has 0 aliphatic carbocycles. The first-order valence-electron chi connectivity index (χ1n) is 6.47. The molecule has 2 aromatic heterocycles. The van der Waals surface area contributed by atoms with Crippen molar-refractivity contribution < 1.29 is 9.47 Å². The van der Waals surface area contributed by atoms with Gasteiger partial charge in [0, 0.05) is 37.1 Å². The smallest absolute Gasteiger partial charge is 0.184 e. The van der Waals surface area contributed by atoms with Crippen LogP contribution < -0.4 is 15.2 Å². The van der Waals surface area contributed by atoms with Crippen LogP contribution in [-0.2, 0) is 13.0 Å². The number of hydrogen-bond donors (Lipinski definition) is 1. The van der Waals surface area contributed by atoms with E-state index in [1.165, 1.54) is 0 Å². The largest absolute Gasteiger partial charge is 0.493 e. The Morgan fingerprint density at radius 2 is 2.05 bits per heavy atom. The van der Waals surface area contributed by atoms with Gasteiger partial charge in [-0.1, -0.05) is 0 Å². The fraction of sp³-hybridized carbons (Fsp3) is 0.429. The lowest BCUT2D eigenvalue weighted by Gasteiger charge is -2.13. The van der Waals surface area contributed by atoms with E-state index in [9.17, 15) is 0 Å². The van der Waals surface area contributed by atoms with E-state index in [-0.39, 0.29) is 6.04 Å². The molecule has 0 saturated carbocycles. The Morgan fingerprint density at radius 3 is 2.70 bits per heavy atom. The summed E-state index contributed by atoms with van der Waals surface area (Å²) in [5.41, 5.74) is 6.64. The quantitative estimate of drug-likeness (QED) is 0.859. The van der Waals surface area contributed by atoms with Crippen LogP contribution in [0, 0.1) is 0 Å². The molecule has 2 aromatic rings. The van der Waals surface area contributed by atoms with Gasteiger partial charge in [-0.25, -0.2) is 4.98 Å². The Bertz CT molecular complexity index is 566. The van der Waals surface area contributed by atoms with Crippen molar-refractivity contribution in [2.24, 2.45) is 5.73 Å². The van der Waals surface area contributed by atoms with Crippen molar-refractivity contribution >= 4 is 0 Å². The Labute approximate surface area is 118 Å². The minimum atomic E-state index is 0.0660. The fourth-order valence-electron chi connectivity index (χ4n) is 2.09. The molecular weight excluding hydrogens is 256 g/mol. The number of pyridine rings is 1. The van der Waals surface area contributed by atoms with Crippen LogP contribution in [0.2, 0.25) is 0 Å². The van der Waals surface area contributed by atoms with Gasteiger partial charge in [0.2, 0.25) is 0 Å². The number of ether oxygens (including phenoxy) is 2. The zero-order valence-corrected chi connectivity index (χ0v) is 12.0. The average molecular weight is 276 g/mol. The van der Waals surface area contributed by atoms with Gasteiger partial charge in [-0.15, -0.1) is 0 Å². The van der Waals surface area contributed by atoms with Crippen molar-refractivity contribution in [3.63, 3.8) is 0 Å². The lowest BCUT2D eigenvalue weighted by molar-refractivity contribution is 0.348. The van der Waals surface area contributed by atoms with Gasteiger partial charge in [-0.2, -0.15) is 0 Å². The Hall–Kier alpha value is -2.08. The molecule has 2 rings (SSSR count). The first kappa shape index (κ1) is 14.3. The summed E-state index contributed by atoms with van der Waals surface area (Å²) in [6, 6.07) is 1.84. The van der Waals surface area contributed by atoms with Gasteiger partial charge >= 0.3 is 0 Å². The second kappa shape index (κ2) is 6.38. The molecule has 2 heterocycles. The third-order valence-corrected chi connectivity index (χ3v) is 2.99. The van der Waals surface area contributed by atoms with Crippen molar-refractivity contribution in [1.29, 1.82) is 0 Å². The van der Waals surface area contributed by atoms with Crippen LogP contribution in [0.15, 0.2) is 24.7 Å². The highest BCUT2D eigenvalue weighted by atomic mass is 16.5. The minimum absolute atomic E-state index is 0.0660. The molecule has 0 saturated heterocycles. The average Bonchev–Trinajstić information content (AvgIpc) is 2.85. The molecule has 0 amide bonds. The van der Waals surface area contributed by atoms with E-state index >= 15 is 0 Å². The minimum Gasteiger partial charge on any atom is -0.493 e. The molecule has 6 heteroatoms. The molecule has 0 aromatic carbocycles. The molecule has 6 nitrogen and oxygen atoms in total. The zero-order valence-electron chi connectivity index (χ0n) is 12.0. The van der Waals surface area contributed by atoms with E-state index in [1.54, 1.807) is 32.7 Å². The lowest BCUT2D eigenvalue weighted by atomic mass is 10.2. The van der Waals surface area contributed by atoms with Crippen LogP contribution in [0.3, 0.4) is 0 Å². The summed E-state index contributed by atoms with van der Waals surface area (Å²) in [5.74, 6) is 2.26. The second-order valence-electron chi connectivity index (χ2n) is 4.65. The number of aromatic nitrogens is 3. The van der Waals surface area contributed by atoms with Gasteiger partial charge in [0.1, 0.15) is 11.5 Å². The first-order chi connectivity index (χ1) is 9.65. The van der Waals surface area contributed by atoms with Gasteiger partial charge in [-0.3, -0.25) is 4.98 Å². The van der Waals surface area contributed by atoms with Crippen molar-refractivity contribution in [3.8, 4) is 11.5 Å². The normalized spacial score (nSPS) is 12.2. The Balaban J connectivity index is 2.28. The van der Waals surface area contributed by atoms with Crippen molar-refractivity contribution in [2.75, 3.05) is 14.2 Å². The summed E-state index contributed by atoms with van der Waals surface area (Å²) < 4.78 is 12.7. The van der Waals surface area contributed by atoms with Gasteiger partial charge in [-0.05, 0) is 6.92 Å². The highest BCUT2D eigenvalue weighted by molar-refractivity contribution is 5.42. The lowest BCUT2D eigenvalue weighted by Crippen LogP contribution is -2.21. The standard InChI is InChI=1S/C14H20N4O2/c1-10(15)8-13-17-6-7-18(13)9-11-14(20-3)12(19-2)4-5-16-11/h4-7,10H,8-9,15H2,1-3H3. The summed E-state index contributed by atoms with van der Waals surface area (Å²) in [5, 5.41) is 0. The number of rotatable bonds is 6. The first-order valence-corrected chi connectivity index (χ1v) is 6.47. The molecule has 2 N–H and O–H groups in total. The van der Waals surface area contributed by atoms with E-state index in [0.29, 0.717) is 18.0 Å². The Kier molecular flexibility index (Phi) is 4.57. The molecule has 0 aliphatic heterocycles. The predicted octanol–water partition coefficient (Wildman–Crippen LogP) is 1.23. The fourth-order valence-corrected chi connectivity index (χ4v) is 2.09. The molecule has 0 bridgehead atoms. The van der Waals surface area contributed by atoms with Gasteiger partial charge in [0.15, 0.2) is 11.5 Å². The maximum absolute atomic E-state index is 5.83. The van der Waals surface area contributed by atoms with Crippen LogP contribution in [0.5, 0.6) is 11.5 Å². The topological polar surface area (TPSA) is 75.2 Å². The highest BCUT2D eigenvalue weighted by Crippen LogP contribution is 2.29. The van der Waals surface area contributed by atoms with Crippen LogP contribution in [0.4, 0.5) is 0 Å². The molecule has 0 radical (unpaired) electrons. The summed E-state index contributed by atoms with van der Waals surface area (Å²) in [6.45, 7) is 2.53. The van der Waals surface area contributed by atoms with E-state index in [2.05, 4.69) is 9.97 Å². The summed E-state index contributed by atoms with van der Waals surface area (Å²) >= 11 is 0. The van der Waals surface area contributed by atoms with Crippen molar-refractivity contribution in [3.05, 3.63) is 36.2 Å². The van der Waals surface area contributed by atoms with E-state index in [1.807, 2.05) is 17.7 Å². The van der Waals surface area contributed by atoms with E-state index < -0.39 is 0 Å². The monoisotopic (exact) mass is 276 g/mol. The molecule has 108 valence electrons. The van der Waals surface area contributed by atoms with Gasteiger partial charge in [0.05, 0.1) is 20.8 Å². The van der Waals surface area contributed by atoms with Crippen molar-refractivity contribution in [2.45, 2.75) is 25.9 Å². The molecule has 0 fully saturated rings. The highest BCUT2D eigenvalue weighted by Gasteiger charge is 2.13. The third-order valence-electron chi connectivity index (χ3n) is 2.99. The van der Waals surface area contributed by atoms with E-state index in [4.69, 9.17) is 15.2 Å². The molecular formula is C14H20N4O2. The number of methoxy groups -OCH3 is 2. The maximum Gasteiger partial charge on any atom is 0.184 e. The van der Waals surface area contributed by atoms with Crippen molar-refractivity contribution in [1.82, 2.24) is 14.5 Å². The zero-order chi connectivity index (χ0) is 14.5. The number of nitrogens with zero attached hydrogens (tertiary/aromatic N) is 3. The molecule has 1 atom stereocenters. The Morgan fingerprint density at radius 1 is 1.25 bits per heavy atom. The molecule has 0 spiro atoms. The summed E-state index contributed by atoms with van der Waals surface area (Å²) in [4.78, 5) is 8.70. The number of nitrogens with two attached hydrogens (primary N) is 1.